The third-order valence-electron chi connectivity index (χ3n) is 5.53. The van der Waals surface area contributed by atoms with Crippen LogP contribution in [0.15, 0.2) is 67.1 Å². The van der Waals surface area contributed by atoms with Crippen LogP contribution in [0, 0.1) is 5.41 Å². The van der Waals surface area contributed by atoms with E-state index in [2.05, 4.69) is 44.6 Å². The Bertz CT molecular complexity index is 1270. The van der Waals surface area contributed by atoms with E-state index in [0.717, 1.165) is 55.3 Å². The highest BCUT2D eigenvalue weighted by Gasteiger charge is 2.13. The van der Waals surface area contributed by atoms with Gasteiger partial charge in [0.15, 0.2) is 12.2 Å². The van der Waals surface area contributed by atoms with Gasteiger partial charge in [0.25, 0.3) is 0 Å². The van der Waals surface area contributed by atoms with E-state index >= 15 is 0 Å². The van der Waals surface area contributed by atoms with Crippen LogP contribution in [0.2, 0.25) is 0 Å². The van der Waals surface area contributed by atoms with Gasteiger partial charge in [-0.25, -0.2) is 4.98 Å². The first-order chi connectivity index (χ1) is 16.7. The maximum atomic E-state index is 7.74. The Morgan fingerprint density at radius 3 is 2.71 bits per heavy atom. The van der Waals surface area contributed by atoms with Crippen LogP contribution >= 0.6 is 12.2 Å². The number of nitrogens with one attached hydrogen (secondary N) is 2. The van der Waals surface area contributed by atoms with Crippen molar-refractivity contribution in [1.82, 2.24) is 18.8 Å². The van der Waals surface area contributed by atoms with Crippen LogP contribution in [-0.4, -0.2) is 58.3 Å². The zero-order valence-electron chi connectivity index (χ0n) is 18.7. The summed E-state index contributed by atoms with van der Waals surface area (Å²) in [6.45, 7) is 3.34. The van der Waals surface area contributed by atoms with Gasteiger partial charge in [-0.15, -0.1) is 4.41 Å². The molecule has 0 unspecified atom stereocenters. The summed E-state index contributed by atoms with van der Waals surface area (Å²) in [6, 6.07) is 16.2. The molecule has 0 spiro atoms. The number of aromatic nitrogens is 3. The fourth-order valence-electron chi connectivity index (χ4n) is 3.78. The van der Waals surface area contributed by atoms with Crippen molar-refractivity contribution in [3.8, 4) is 17.0 Å². The van der Waals surface area contributed by atoms with Crippen LogP contribution in [0.3, 0.4) is 0 Å². The molecule has 0 saturated carbocycles. The molecule has 1 aliphatic heterocycles. The summed E-state index contributed by atoms with van der Waals surface area (Å²) < 4.78 is 14.9. The average Bonchev–Trinajstić information content (AvgIpc) is 3.31. The van der Waals surface area contributed by atoms with Gasteiger partial charge >= 0.3 is 0 Å². The molecule has 5 rings (SSSR count). The van der Waals surface area contributed by atoms with Gasteiger partial charge in [0.05, 0.1) is 25.1 Å². The van der Waals surface area contributed by atoms with Crippen molar-refractivity contribution in [2.75, 3.05) is 43.7 Å². The lowest BCUT2D eigenvalue weighted by atomic mass is 10.1. The Labute approximate surface area is 202 Å². The normalized spacial score (nSPS) is 13.9. The minimum Gasteiger partial charge on any atom is -0.387 e. The standard InChI is InChI=1S/C24H25N7O2S/c1-29(34-33-24-17-27-23-4-2-3-9-31(23)24)28-21-14-19(16-26-22(21)15-25)18-5-7-20(8-6-18)30-10-12-32-13-11-30/h2-9,14-17,25,28H,10-13H2,1H3. The maximum absolute atomic E-state index is 7.74. The molecule has 0 atom stereocenters. The zero-order chi connectivity index (χ0) is 23.3. The molecule has 9 nitrogen and oxygen atoms in total. The second-order valence-corrected chi connectivity index (χ2v) is 8.60. The van der Waals surface area contributed by atoms with E-state index < -0.39 is 0 Å². The lowest BCUT2D eigenvalue weighted by Crippen LogP contribution is -2.36. The first-order valence-electron chi connectivity index (χ1n) is 10.9. The van der Waals surface area contributed by atoms with E-state index in [1.54, 1.807) is 16.8 Å². The van der Waals surface area contributed by atoms with E-state index in [9.17, 15) is 0 Å². The second kappa shape index (κ2) is 10.1. The quantitative estimate of drug-likeness (QED) is 0.170. The van der Waals surface area contributed by atoms with Gasteiger partial charge in [-0.05, 0) is 35.9 Å². The number of nitrogens with zero attached hydrogens (tertiary/aromatic N) is 5. The highest BCUT2D eigenvalue weighted by Crippen LogP contribution is 2.28. The van der Waals surface area contributed by atoms with Crippen molar-refractivity contribution in [2.45, 2.75) is 0 Å². The van der Waals surface area contributed by atoms with Crippen molar-refractivity contribution in [3.05, 3.63) is 72.8 Å². The molecule has 0 radical (unpaired) electrons. The molecule has 1 saturated heterocycles. The maximum Gasteiger partial charge on any atom is 0.234 e. The minimum atomic E-state index is 0.538. The summed E-state index contributed by atoms with van der Waals surface area (Å²) in [5.74, 6) is 0.619. The molecule has 1 aromatic carbocycles. The van der Waals surface area contributed by atoms with E-state index in [1.807, 2.05) is 41.9 Å². The fourth-order valence-corrected chi connectivity index (χ4v) is 4.22. The van der Waals surface area contributed by atoms with Gasteiger partial charge in [-0.3, -0.25) is 9.38 Å². The molecule has 174 valence electrons. The van der Waals surface area contributed by atoms with E-state index in [1.165, 1.54) is 11.9 Å². The van der Waals surface area contributed by atoms with Gasteiger partial charge in [-0.2, -0.15) is 0 Å². The van der Waals surface area contributed by atoms with Gasteiger partial charge in [0, 0.05) is 50.0 Å². The number of imidazole rings is 1. The largest absolute Gasteiger partial charge is 0.387 e. The molecule has 4 heterocycles. The van der Waals surface area contributed by atoms with Gasteiger partial charge in [0.2, 0.25) is 5.88 Å². The molecule has 10 heteroatoms. The van der Waals surface area contributed by atoms with Crippen LogP contribution in [0.1, 0.15) is 5.69 Å². The van der Waals surface area contributed by atoms with E-state index in [4.69, 9.17) is 14.3 Å². The Kier molecular flexibility index (Phi) is 6.61. The molecule has 4 aromatic rings. The van der Waals surface area contributed by atoms with Gasteiger partial charge in [0.1, 0.15) is 11.3 Å². The summed E-state index contributed by atoms with van der Waals surface area (Å²) in [5.41, 5.74) is 8.52. The van der Waals surface area contributed by atoms with Gasteiger partial charge in [-0.1, -0.05) is 18.2 Å². The summed E-state index contributed by atoms with van der Waals surface area (Å²) >= 11 is 1.13. The van der Waals surface area contributed by atoms with Crippen molar-refractivity contribution in [2.24, 2.45) is 0 Å². The van der Waals surface area contributed by atoms with Crippen LogP contribution in [0.5, 0.6) is 5.88 Å². The molecule has 3 aromatic heterocycles. The molecule has 34 heavy (non-hydrogen) atoms. The summed E-state index contributed by atoms with van der Waals surface area (Å²) in [5, 5.41) is 7.74. The molecule has 1 aliphatic rings. The van der Waals surface area contributed by atoms with Crippen molar-refractivity contribution < 1.29 is 8.92 Å². The SMILES string of the molecule is CN(Nc1cc(-c2ccc(N3CCOCC3)cc2)cnc1C=N)SOc1cnc2ccccn12. The minimum absolute atomic E-state index is 0.538. The van der Waals surface area contributed by atoms with Crippen molar-refractivity contribution in [1.29, 1.82) is 5.41 Å². The van der Waals surface area contributed by atoms with Crippen LogP contribution < -0.4 is 14.5 Å². The van der Waals surface area contributed by atoms with Crippen LogP contribution in [0.4, 0.5) is 11.4 Å². The number of rotatable bonds is 8. The smallest absolute Gasteiger partial charge is 0.234 e. The Balaban J connectivity index is 1.28. The van der Waals surface area contributed by atoms with Gasteiger partial charge < -0.3 is 24.7 Å². The number of ether oxygens (including phenoxy) is 1. The lowest BCUT2D eigenvalue weighted by molar-refractivity contribution is 0.122. The highest BCUT2D eigenvalue weighted by molar-refractivity contribution is 7.92. The van der Waals surface area contributed by atoms with E-state index in [-0.39, 0.29) is 0 Å². The number of morpholine rings is 1. The molecule has 2 N–H and O–H groups in total. The van der Waals surface area contributed by atoms with E-state index in [0.29, 0.717) is 17.3 Å². The summed E-state index contributed by atoms with van der Waals surface area (Å²) in [6.07, 6.45) is 6.60. The topological polar surface area (TPSA) is 91.0 Å². The predicted octanol–water partition coefficient (Wildman–Crippen LogP) is 4.13. The van der Waals surface area contributed by atoms with Crippen molar-refractivity contribution in [3.63, 3.8) is 0 Å². The van der Waals surface area contributed by atoms with Crippen LogP contribution in [-0.2, 0) is 4.74 Å². The molecule has 0 aliphatic carbocycles. The number of fused-ring (bicyclic) bond motifs is 1. The van der Waals surface area contributed by atoms with Crippen LogP contribution in [0.25, 0.3) is 16.8 Å². The third-order valence-corrected chi connectivity index (χ3v) is 6.09. The number of anilines is 2. The first kappa shape index (κ1) is 22.2. The number of pyridine rings is 2. The summed E-state index contributed by atoms with van der Waals surface area (Å²) in [4.78, 5) is 11.1. The first-order valence-corrected chi connectivity index (χ1v) is 11.6. The highest BCUT2D eigenvalue weighted by atomic mass is 32.2. The molecule has 0 bridgehead atoms. The molecular weight excluding hydrogens is 450 g/mol. The second-order valence-electron chi connectivity index (χ2n) is 7.74. The monoisotopic (exact) mass is 475 g/mol. The average molecular weight is 476 g/mol. The lowest BCUT2D eigenvalue weighted by Gasteiger charge is -2.29. The Hall–Kier alpha value is -3.60. The zero-order valence-corrected chi connectivity index (χ0v) is 19.5. The molecule has 1 fully saturated rings. The number of hydrazine groups is 1. The predicted molar refractivity (Wildman–Crippen MR) is 135 cm³/mol. The Morgan fingerprint density at radius 2 is 1.91 bits per heavy atom. The van der Waals surface area contributed by atoms with Crippen molar-refractivity contribution >= 4 is 35.5 Å². The number of benzene rings is 1. The molecule has 0 amide bonds. The Morgan fingerprint density at radius 1 is 1.09 bits per heavy atom. The molecular formula is C24H25N7O2S. The summed E-state index contributed by atoms with van der Waals surface area (Å²) in [7, 11) is 1.84. The third kappa shape index (κ3) is 4.84. The number of hydrogen-bond donors (Lipinski definition) is 2. The fraction of sp³-hybridized carbons (Fsp3) is 0.208. The number of hydrogen-bond acceptors (Lipinski definition) is 9.